The van der Waals surface area contributed by atoms with Gasteiger partial charge in [0.15, 0.2) is 0 Å². The van der Waals surface area contributed by atoms with Gasteiger partial charge in [-0.3, -0.25) is 0 Å². The fourth-order valence-electron chi connectivity index (χ4n) is 3.18. The van der Waals surface area contributed by atoms with Gasteiger partial charge in [-0.1, -0.05) is 30.1 Å². The summed E-state index contributed by atoms with van der Waals surface area (Å²) in [5.41, 5.74) is 1.06. The monoisotopic (exact) mass is 368 g/mol. The summed E-state index contributed by atoms with van der Waals surface area (Å²) in [6.07, 6.45) is -2.75. The molecule has 1 heterocycles. The van der Waals surface area contributed by atoms with Gasteiger partial charge in [-0.05, 0) is 25.0 Å². The number of hydrogen-bond acceptors (Lipinski definition) is 4. The molecule has 1 fully saturated rings. The van der Waals surface area contributed by atoms with Crippen molar-refractivity contribution in [2.45, 2.75) is 44.8 Å². The molecule has 2 amide bonds. The molecule has 0 bridgehead atoms. The number of urea groups is 1. The first-order valence-corrected chi connectivity index (χ1v) is 8.38. The Morgan fingerprint density at radius 1 is 1.27 bits per heavy atom. The molecule has 1 aliphatic carbocycles. The average Bonchev–Trinajstić information content (AvgIpc) is 3.01. The van der Waals surface area contributed by atoms with Gasteiger partial charge in [-0.15, -0.1) is 0 Å². The molecule has 0 unspecified atom stereocenters. The summed E-state index contributed by atoms with van der Waals surface area (Å²) >= 11 is 0. The van der Waals surface area contributed by atoms with Crippen molar-refractivity contribution in [3.8, 4) is 11.4 Å². The van der Waals surface area contributed by atoms with Crippen LogP contribution in [0.1, 0.15) is 31.6 Å². The van der Waals surface area contributed by atoms with E-state index < -0.39 is 24.2 Å². The number of nitrogens with one attached hydrogen (secondary N) is 2. The van der Waals surface area contributed by atoms with Crippen molar-refractivity contribution < 1.29 is 22.5 Å². The summed E-state index contributed by atoms with van der Waals surface area (Å²) in [5.74, 6) is -0.724. The Balaban J connectivity index is 1.66. The van der Waals surface area contributed by atoms with Crippen LogP contribution in [0.5, 0.6) is 0 Å². The molecular formula is C17H19F3N4O2. The molecule has 26 heavy (non-hydrogen) atoms. The van der Waals surface area contributed by atoms with Crippen LogP contribution in [0.2, 0.25) is 0 Å². The number of carbonyl (C=O) groups is 1. The number of amides is 2. The Kier molecular flexibility index (Phi) is 5.15. The first kappa shape index (κ1) is 18.2. The molecule has 1 aromatic heterocycles. The number of aromatic nitrogens is 2. The normalized spacial score (nSPS) is 20.6. The van der Waals surface area contributed by atoms with Crippen LogP contribution in [0.25, 0.3) is 11.4 Å². The molecule has 1 aliphatic rings. The second-order valence-corrected chi connectivity index (χ2v) is 6.36. The number of benzene rings is 1. The highest BCUT2D eigenvalue weighted by molar-refractivity contribution is 5.90. The molecule has 1 aromatic carbocycles. The summed E-state index contributed by atoms with van der Waals surface area (Å²) in [5, 5.41) is 8.84. The molecule has 2 N–H and O–H groups in total. The third kappa shape index (κ3) is 4.33. The van der Waals surface area contributed by atoms with Crippen molar-refractivity contribution >= 4 is 11.7 Å². The Hall–Kier alpha value is -2.58. The Morgan fingerprint density at radius 3 is 2.73 bits per heavy atom. The third-order valence-corrected chi connectivity index (χ3v) is 4.41. The standard InChI is InChI=1S/C17H19F3N4O2/c1-10-21-15(24-26-10)11-5-4-6-12(9-11)22-16(25)23-14-8-3-2-7-13(14)17(18,19)20/h4-6,9,13-14H,2-3,7-8H2,1H3,(H2,22,23,25)/t13-,14+/m0/s1. The summed E-state index contributed by atoms with van der Waals surface area (Å²) in [4.78, 5) is 16.3. The molecule has 1 saturated carbocycles. The van der Waals surface area contributed by atoms with Gasteiger partial charge in [0, 0.05) is 24.2 Å². The van der Waals surface area contributed by atoms with Crippen molar-refractivity contribution in [2.24, 2.45) is 5.92 Å². The lowest BCUT2D eigenvalue weighted by molar-refractivity contribution is -0.187. The van der Waals surface area contributed by atoms with Crippen LogP contribution < -0.4 is 10.6 Å². The molecule has 0 radical (unpaired) electrons. The fraction of sp³-hybridized carbons (Fsp3) is 0.471. The maximum atomic E-state index is 13.1. The topological polar surface area (TPSA) is 80.0 Å². The van der Waals surface area contributed by atoms with Gasteiger partial charge in [0.1, 0.15) is 0 Å². The lowest BCUT2D eigenvalue weighted by Gasteiger charge is -2.33. The van der Waals surface area contributed by atoms with Crippen molar-refractivity contribution in [3.63, 3.8) is 0 Å². The molecule has 0 aliphatic heterocycles. The molecule has 3 rings (SSSR count). The first-order valence-electron chi connectivity index (χ1n) is 8.38. The number of hydrogen-bond donors (Lipinski definition) is 2. The van der Waals surface area contributed by atoms with E-state index in [2.05, 4.69) is 20.8 Å². The predicted octanol–water partition coefficient (Wildman–Crippen LogP) is 4.29. The third-order valence-electron chi connectivity index (χ3n) is 4.41. The number of rotatable bonds is 3. The minimum Gasteiger partial charge on any atom is -0.339 e. The van der Waals surface area contributed by atoms with Crippen molar-refractivity contribution in [2.75, 3.05) is 5.32 Å². The molecule has 2 aromatic rings. The lowest BCUT2D eigenvalue weighted by Crippen LogP contribution is -2.48. The van der Waals surface area contributed by atoms with Crippen LogP contribution in [-0.2, 0) is 0 Å². The minimum absolute atomic E-state index is 0.0428. The number of halogens is 3. The van der Waals surface area contributed by atoms with E-state index in [0.29, 0.717) is 42.2 Å². The largest absolute Gasteiger partial charge is 0.393 e. The Bertz CT molecular complexity index is 775. The number of anilines is 1. The van der Waals surface area contributed by atoms with Crippen LogP contribution in [0.4, 0.5) is 23.7 Å². The van der Waals surface area contributed by atoms with E-state index in [0.717, 1.165) is 0 Å². The van der Waals surface area contributed by atoms with Crippen molar-refractivity contribution in [3.05, 3.63) is 30.2 Å². The SMILES string of the molecule is Cc1nc(-c2cccc(NC(=O)N[C@@H]3CCCC[C@@H]3C(F)(F)F)c2)no1. The van der Waals surface area contributed by atoms with Gasteiger partial charge in [0.2, 0.25) is 11.7 Å². The fourth-order valence-corrected chi connectivity index (χ4v) is 3.18. The van der Waals surface area contributed by atoms with Gasteiger partial charge >= 0.3 is 12.2 Å². The number of aryl methyl sites for hydroxylation is 1. The first-order chi connectivity index (χ1) is 12.3. The van der Waals surface area contributed by atoms with E-state index in [4.69, 9.17) is 4.52 Å². The van der Waals surface area contributed by atoms with Gasteiger partial charge in [0.25, 0.3) is 0 Å². The van der Waals surface area contributed by atoms with Crippen LogP contribution >= 0.6 is 0 Å². The molecule has 9 heteroatoms. The summed E-state index contributed by atoms with van der Waals surface area (Å²) in [6, 6.07) is 5.13. The highest BCUT2D eigenvalue weighted by atomic mass is 19.4. The van der Waals surface area contributed by atoms with E-state index in [1.165, 1.54) is 0 Å². The summed E-state index contributed by atoms with van der Waals surface area (Å²) < 4.78 is 44.3. The minimum atomic E-state index is -4.31. The molecular weight excluding hydrogens is 349 g/mol. The van der Waals surface area contributed by atoms with Gasteiger partial charge in [0.05, 0.1) is 5.92 Å². The Morgan fingerprint density at radius 2 is 2.04 bits per heavy atom. The van der Waals surface area contributed by atoms with E-state index in [9.17, 15) is 18.0 Å². The second kappa shape index (κ2) is 7.35. The predicted molar refractivity (Wildman–Crippen MR) is 88.4 cm³/mol. The number of carbonyl (C=O) groups excluding carboxylic acids is 1. The van der Waals surface area contributed by atoms with Crippen molar-refractivity contribution in [1.82, 2.24) is 15.5 Å². The zero-order chi connectivity index (χ0) is 18.7. The zero-order valence-electron chi connectivity index (χ0n) is 14.1. The quantitative estimate of drug-likeness (QED) is 0.847. The van der Waals surface area contributed by atoms with Crippen LogP contribution in [0.3, 0.4) is 0 Å². The van der Waals surface area contributed by atoms with E-state index in [-0.39, 0.29) is 6.42 Å². The van der Waals surface area contributed by atoms with Crippen LogP contribution in [-0.4, -0.2) is 28.4 Å². The van der Waals surface area contributed by atoms with Gasteiger partial charge < -0.3 is 15.2 Å². The molecule has 140 valence electrons. The number of alkyl halides is 3. The Labute approximate surface area is 148 Å². The van der Waals surface area contributed by atoms with Crippen molar-refractivity contribution in [1.29, 1.82) is 0 Å². The number of nitrogens with zero attached hydrogens (tertiary/aromatic N) is 2. The molecule has 0 saturated heterocycles. The second-order valence-electron chi connectivity index (χ2n) is 6.36. The lowest BCUT2D eigenvalue weighted by atomic mass is 9.84. The van der Waals surface area contributed by atoms with Gasteiger partial charge in [-0.2, -0.15) is 18.2 Å². The maximum Gasteiger partial charge on any atom is 0.393 e. The molecule has 2 atom stereocenters. The summed E-state index contributed by atoms with van der Waals surface area (Å²) in [6.45, 7) is 1.66. The van der Waals surface area contributed by atoms with Crippen LogP contribution in [0, 0.1) is 12.8 Å². The van der Waals surface area contributed by atoms with Crippen LogP contribution in [0.15, 0.2) is 28.8 Å². The highest BCUT2D eigenvalue weighted by Crippen LogP contribution is 2.37. The molecule has 0 spiro atoms. The zero-order valence-corrected chi connectivity index (χ0v) is 14.1. The maximum absolute atomic E-state index is 13.1. The average molecular weight is 368 g/mol. The van der Waals surface area contributed by atoms with E-state index in [1.807, 2.05) is 0 Å². The van der Waals surface area contributed by atoms with Gasteiger partial charge in [-0.25, -0.2) is 4.79 Å². The highest BCUT2D eigenvalue weighted by Gasteiger charge is 2.45. The molecule has 6 nitrogen and oxygen atoms in total. The van der Waals surface area contributed by atoms with E-state index >= 15 is 0 Å². The smallest absolute Gasteiger partial charge is 0.339 e. The van der Waals surface area contributed by atoms with E-state index in [1.54, 1.807) is 31.2 Å². The summed E-state index contributed by atoms with van der Waals surface area (Å²) in [7, 11) is 0.